The third kappa shape index (κ3) is 7.73. The Balaban J connectivity index is -0.000000325. The first kappa shape index (κ1) is 28.0. The van der Waals surface area contributed by atoms with E-state index in [1.54, 1.807) is 22.3 Å². The summed E-state index contributed by atoms with van der Waals surface area (Å²) in [6.45, 7) is 14.4. The number of allylic oxidation sites excluding steroid dienone is 4. The van der Waals surface area contributed by atoms with Gasteiger partial charge in [0.1, 0.15) is 0 Å². The maximum Gasteiger partial charge on any atom is 3.00 e. The fourth-order valence-electron chi connectivity index (χ4n) is 2.98. The van der Waals surface area contributed by atoms with Gasteiger partial charge in [0.2, 0.25) is 0 Å². The Hall–Kier alpha value is 0.171. The van der Waals surface area contributed by atoms with Gasteiger partial charge in [0.05, 0.1) is 0 Å². The van der Waals surface area contributed by atoms with E-state index < -0.39 is 8.80 Å². The molecule has 2 rings (SSSR count). The van der Waals surface area contributed by atoms with Crippen LogP contribution < -0.4 is 24.8 Å². The van der Waals surface area contributed by atoms with Crippen molar-refractivity contribution in [1.82, 2.24) is 0 Å². The van der Waals surface area contributed by atoms with Crippen molar-refractivity contribution in [3.8, 4) is 0 Å². The fourth-order valence-corrected chi connectivity index (χ4v) is 5.48. The Morgan fingerprint density at radius 2 is 1.26 bits per heavy atom. The quantitative estimate of drug-likeness (QED) is 0.608. The molecule has 1 aromatic rings. The van der Waals surface area contributed by atoms with Crippen LogP contribution in [0.2, 0.25) is 18.6 Å². The van der Waals surface area contributed by atoms with Crippen molar-refractivity contribution in [3.05, 3.63) is 63.9 Å². The van der Waals surface area contributed by atoms with Crippen molar-refractivity contribution in [2.75, 3.05) is 0 Å². The smallest absolute Gasteiger partial charge is 1.00 e. The molecule has 5 heteroatoms. The molecule has 0 unspecified atom stereocenters. The molecule has 1 radical (unpaired) electrons. The number of nitrogens with one attached hydrogen (secondary N) is 1. The van der Waals surface area contributed by atoms with Crippen LogP contribution >= 0.6 is 0 Å². The molecular weight excluding hydrogens is 377 g/mol. The molecule has 0 spiro atoms. The number of rotatable bonds is 2. The van der Waals surface area contributed by atoms with E-state index in [4.69, 9.17) is 5.73 Å². The van der Waals surface area contributed by atoms with Crippen molar-refractivity contribution in [3.63, 3.8) is 0 Å². The van der Waals surface area contributed by atoms with E-state index >= 15 is 0 Å². The van der Waals surface area contributed by atoms with Crippen LogP contribution in [-0.4, -0.2) is 8.80 Å². The molecule has 0 atom stereocenters. The summed E-state index contributed by atoms with van der Waals surface area (Å²) in [7, 11) is -0.531. The zero-order valence-corrected chi connectivity index (χ0v) is 19.2. The third-order valence-electron chi connectivity index (χ3n) is 4.39. The average molecular weight is 405 g/mol. The SMILES string of the molecule is CC1=C(C)C([SiH](C)C)C(C)=C1C.[Cl-].[Cl-].[NH-]Cc1ccccc1.[Ti+3]. The van der Waals surface area contributed by atoms with Crippen molar-refractivity contribution >= 4 is 8.80 Å². The second kappa shape index (κ2) is 13.5. The van der Waals surface area contributed by atoms with Gasteiger partial charge in [-0.05, 0) is 44.4 Å². The molecule has 0 aliphatic heterocycles. The fraction of sp³-hybridized carbons (Fsp3) is 0.444. The summed E-state index contributed by atoms with van der Waals surface area (Å²) in [4.78, 5) is 0. The van der Waals surface area contributed by atoms with Gasteiger partial charge >= 0.3 is 21.7 Å². The Bertz CT molecular complexity index is 489. The second-order valence-electron chi connectivity index (χ2n) is 6.00. The van der Waals surface area contributed by atoms with Crippen LogP contribution in [0.3, 0.4) is 0 Å². The number of hydrogen-bond acceptors (Lipinski definition) is 0. The molecule has 1 nitrogen and oxygen atoms in total. The Morgan fingerprint density at radius 1 is 0.870 bits per heavy atom. The minimum absolute atomic E-state index is 0. The van der Waals surface area contributed by atoms with Crippen LogP contribution in [0.5, 0.6) is 0 Å². The van der Waals surface area contributed by atoms with E-state index in [0.29, 0.717) is 6.54 Å². The first-order chi connectivity index (χ1) is 9.40. The summed E-state index contributed by atoms with van der Waals surface area (Å²) in [6, 6.07) is 9.76. The van der Waals surface area contributed by atoms with E-state index in [1.165, 1.54) is 0 Å². The summed E-state index contributed by atoms with van der Waals surface area (Å²) in [5.41, 5.74) is 15.3. The van der Waals surface area contributed by atoms with E-state index in [9.17, 15) is 0 Å². The monoisotopic (exact) mass is 404 g/mol. The molecule has 1 aromatic carbocycles. The van der Waals surface area contributed by atoms with Crippen LogP contribution in [0.15, 0.2) is 52.6 Å². The molecule has 0 saturated carbocycles. The minimum atomic E-state index is -0.531. The zero-order valence-electron chi connectivity index (χ0n) is 15.0. The van der Waals surface area contributed by atoms with Crippen LogP contribution in [0, 0.1) is 0 Å². The predicted molar refractivity (Wildman–Crippen MR) is 93.8 cm³/mol. The second-order valence-corrected chi connectivity index (χ2v) is 9.15. The molecule has 0 bridgehead atoms. The van der Waals surface area contributed by atoms with Crippen LogP contribution in [0.4, 0.5) is 0 Å². The topological polar surface area (TPSA) is 23.8 Å². The van der Waals surface area contributed by atoms with Gasteiger partial charge in [-0.2, -0.15) is 0 Å². The standard InChI is InChI=1S/C11H20Si.C7H8N.2ClH.Ti/c1-7-8(2)10(4)11(9(7)3)12(5)6;8-6-7-4-2-1-3-5-7;;;/h11-12H,1-6H3;1-5,8H,6H2;2*1H;/q;-1;;;+3/p-2. The maximum atomic E-state index is 6.94. The summed E-state index contributed by atoms with van der Waals surface area (Å²) in [5, 5.41) is 0. The van der Waals surface area contributed by atoms with E-state index in [1.807, 2.05) is 30.3 Å². The van der Waals surface area contributed by atoms with Crippen LogP contribution in [-0.2, 0) is 28.3 Å². The first-order valence-electron chi connectivity index (χ1n) is 7.43. The van der Waals surface area contributed by atoms with Crippen molar-refractivity contribution in [2.24, 2.45) is 0 Å². The van der Waals surface area contributed by atoms with Gasteiger partial charge in [0.15, 0.2) is 0 Å². The summed E-state index contributed by atoms with van der Waals surface area (Å²) in [5.74, 6) is 0. The Kier molecular flexibility index (Phi) is 16.4. The Morgan fingerprint density at radius 3 is 1.48 bits per heavy atom. The largest absolute Gasteiger partial charge is 3.00 e. The van der Waals surface area contributed by atoms with Gasteiger partial charge in [-0.1, -0.05) is 60.1 Å². The van der Waals surface area contributed by atoms with Crippen LogP contribution in [0.25, 0.3) is 5.73 Å². The van der Waals surface area contributed by atoms with Gasteiger partial charge in [-0.3, -0.25) is 0 Å². The van der Waals surface area contributed by atoms with E-state index in [2.05, 4.69) is 40.8 Å². The van der Waals surface area contributed by atoms with Crippen molar-refractivity contribution in [2.45, 2.75) is 52.9 Å². The zero-order chi connectivity index (χ0) is 15.3. The molecule has 0 saturated heterocycles. The van der Waals surface area contributed by atoms with Gasteiger partial charge in [0.25, 0.3) is 0 Å². The molecule has 1 aliphatic carbocycles. The molecular formula is C18H28Cl2NSiTi. The first-order valence-corrected chi connectivity index (χ1v) is 10.4. The van der Waals surface area contributed by atoms with E-state index in [-0.39, 0.29) is 46.5 Å². The molecule has 0 fully saturated rings. The van der Waals surface area contributed by atoms with Gasteiger partial charge in [-0.25, -0.2) is 0 Å². The normalized spacial score (nSPS) is 13.7. The summed E-state index contributed by atoms with van der Waals surface area (Å²) >= 11 is 0. The summed E-state index contributed by atoms with van der Waals surface area (Å²) in [6.07, 6.45) is 0. The van der Waals surface area contributed by atoms with Crippen LogP contribution in [0.1, 0.15) is 33.3 Å². The molecule has 0 aromatic heterocycles. The maximum absolute atomic E-state index is 6.94. The van der Waals surface area contributed by atoms with Crippen molar-refractivity contribution in [1.29, 1.82) is 0 Å². The van der Waals surface area contributed by atoms with E-state index in [0.717, 1.165) is 11.1 Å². The minimum Gasteiger partial charge on any atom is -1.00 e. The molecule has 0 heterocycles. The number of benzene rings is 1. The molecule has 23 heavy (non-hydrogen) atoms. The van der Waals surface area contributed by atoms with Crippen molar-refractivity contribution < 1.29 is 46.5 Å². The van der Waals surface area contributed by atoms with Gasteiger partial charge < -0.3 is 30.5 Å². The van der Waals surface area contributed by atoms with Gasteiger partial charge in [0, 0.05) is 8.80 Å². The molecule has 0 amide bonds. The molecule has 127 valence electrons. The molecule has 1 N–H and O–H groups in total. The van der Waals surface area contributed by atoms with Gasteiger partial charge in [-0.15, -0.1) is 6.54 Å². The summed E-state index contributed by atoms with van der Waals surface area (Å²) < 4.78 is 0. The Labute approximate surface area is 171 Å². The predicted octanol–water partition coefficient (Wildman–Crippen LogP) is -0.226. The number of halogens is 2. The number of hydrogen-bond donors (Lipinski definition) is 0. The third-order valence-corrected chi connectivity index (χ3v) is 6.73. The average Bonchev–Trinajstić information content (AvgIpc) is 2.64. The molecule has 1 aliphatic rings.